The monoisotopic (exact) mass is 459 g/mol. The zero-order chi connectivity index (χ0) is 24.7. The molecule has 2 aromatic rings. The van der Waals surface area contributed by atoms with Crippen LogP contribution in [-0.4, -0.2) is 29.9 Å². The Morgan fingerprint density at radius 2 is 1.73 bits per heavy atom. The van der Waals surface area contributed by atoms with Gasteiger partial charge in [-0.3, -0.25) is 9.59 Å². The molecule has 0 spiro atoms. The first kappa shape index (κ1) is 23.8. The van der Waals surface area contributed by atoms with Crippen LogP contribution in [-0.2, 0) is 21.3 Å². The van der Waals surface area contributed by atoms with Crippen molar-refractivity contribution < 1.29 is 32.3 Å². The highest BCUT2D eigenvalue weighted by Crippen LogP contribution is 2.41. The summed E-state index contributed by atoms with van der Waals surface area (Å²) in [6.07, 6.45) is -4.84. The second kappa shape index (κ2) is 8.24. The smallest absolute Gasteiger partial charge is 0.417 e. The fourth-order valence-electron chi connectivity index (χ4n) is 3.42. The topological polar surface area (TPSA) is 90.7 Å². The number of carbonyl (C=O) groups is 3. The molecule has 1 aliphatic rings. The number of carbonyl (C=O) groups excluding carboxylic acids is 3. The second-order valence-electron chi connectivity index (χ2n) is 7.99. The molecule has 10 heteroatoms. The first-order valence-electron chi connectivity index (χ1n) is 9.88. The lowest BCUT2D eigenvalue weighted by Gasteiger charge is -2.29. The van der Waals surface area contributed by atoms with Crippen molar-refractivity contribution >= 4 is 23.6 Å². The second-order valence-corrected chi connectivity index (χ2v) is 7.99. The number of halogens is 3. The van der Waals surface area contributed by atoms with E-state index in [1.54, 1.807) is 13.8 Å². The third-order valence-electron chi connectivity index (χ3n) is 5.56. The van der Waals surface area contributed by atoms with Gasteiger partial charge in [-0.2, -0.15) is 18.4 Å². The van der Waals surface area contributed by atoms with Gasteiger partial charge >= 0.3 is 18.2 Å². The molecule has 0 saturated carbocycles. The van der Waals surface area contributed by atoms with Gasteiger partial charge in [0.15, 0.2) is 0 Å². The van der Waals surface area contributed by atoms with E-state index in [4.69, 9.17) is 10.00 Å². The Labute approximate surface area is 188 Å². The molecule has 0 aromatic heterocycles. The van der Waals surface area contributed by atoms with Crippen LogP contribution in [0.15, 0.2) is 42.5 Å². The van der Waals surface area contributed by atoms with Gasteiger partial charge in [0.1, 0.15) is 11.3 Å². The molecule has 1 atom stereocenters. The fourth-order valence-corrected chi connectivity index (χ4v) is 3.42. The molecule has 1 heterocycles. The largest absolute Gasteiger partial charge is 0.426 e. The lowest BCUT2D eigenvalue weighted by Crippen LogP contribution is -2.42. The number of nitriles is 1. The van der Waals surface area contributed by atoms with Crippen molar-refractivity contribution in [3.8, 4) is 11.8 Å². The number of urea groups is 1. The number of amides is 3. The molecule has 2 aromatic carbocycles. The number of likely N-dealkylation sites (N-methyl/N-ethyl adjacent to an activating group) is 1. The average Bonchev–Trinajstić information content (AvgIpc) is 2.94. The van der Waals surface area contributed by atoms with Crippen LogP contribution in [0.2, 0.25) is 0 Å². The molecule has 7 nitrogen and oxygen atoms in total. The third-order valence-corrected chi connectivity index (χ3v) is 5.56. The first-order valence-corrected chi connectivity index (χ1v) is 9.88. The number of nitrogens with zero attached hydrogens (tertiary/aromatic N) is 3. The fraction of sp³-hybridized carbons (Fsp3) is 0.304. The summed E-state index contributed by atoms with van der Waals surface area (Å²) in [6.45, 7) is 4.82. The number of alkyl halides is 3. The van der Waals surface area contributed by atoms with E-state index >= 15 is 0 Å². The lowest BCUT2D eigenvalue weighted by molar-refractivity contribution is -0.138. The molecule has 0 radical (unpaired) electrons. The predicted octanol–water partition coefficient (Wildman–Crippen LogP) is 4.45. The van der Waals surface area contributed by atoms with Crippen LogP contribution in [0.5, 0.6) is 5.75 Å². The maximum atomic E-state index is 13.4. The summed E-state index contributed by atoms with van der Waals surface area (Å²) in [5, 5.41) is 8.99. The summed E-state index contributed by atoms with van der Waals surface area (Å²) in [7, 11) is 1.36. The van der Waals surface area contributed by atoms with Gasteiger partial charge in [-0.1, -0.05) is 26.0 Å². The highest BCUT2D eigenvalue weighted by molar-refractivity contribution is 6.23. The Bertz CT molecular complexity index is 1170. The molecular weight excluding hydrogens is 439 g/mol. The molecule has 172 valence electrons. The Hall–Kier alpha value is -3.87. The molecule has 1 saturated heterocycles. The summed E-state index contributed by atoms with van der Waals surface area (Å²) in [5.41, 5.74) is -3.30. The molecule has 0 N–H and O–H groups in total. The van der Waals surface area contributed by atoms with Gasteiger partial charge in [0.05, 0.1) is 28.8 Å². The molecule has 1 aliphatic heterocycles. The van der Waals surface area contributed by atoms with E-state index in [9.17, 15) is 27.6 Å². The molecule has 1 unspecified atom stereocenters. The van der Waals surface area contributed by atoms with E-state index in [1.165, 1.54) is 44.3 Å². The summed E-state index contributed by atoms with van der Waals surface area (Å²) in [5.74, 6) is -1.30. The molecule has 33 heavy (non-hydrogen) atoms. The quantitative estimate of drug-likeness (QED) is 0.383. The molecular formula is C23H20F3N3O4. The lowest BCUT2D eigenvalue weighted by atomic mass is 9.90. The normalized spacial score (nSPS) is 18.6. The number of rotatable bonds is 4. The summed E-state index contributed by atoms with van der Waals surface area (Å²) in [6, 6.07) is 9.26. The maximum Gasteiger partial charge on any atom is 0.417 e. The SMILES string of the molecule is CC(C)C(=O)Oc1ccc(C2(C)C(=O)N(c3ccc(C#N)c(C(F)(F)F)c3)C(=O)N2C)cc1. The number of benzene rings is 2. The van der Waals surface area contributed by atoms with Gasteiger partial charge in [0, 0.05) is 7.05 Å². The van der Waals surface area contributed by atoms with E-state index in [1.807, 2.05) is 0 Å². The Balaban J connectivity index is 2.00. The summed E-state index contributed by atoms with van der Waals surface area (Å²) < 4.78 is 45.4. The number of hydrogen-bond donors (Lipinski definition) is 0. The van der Waals surface area contributed by atoms with E-state index in [0.29, 0.717) is 16.5 Å². The molecule has 1 fully saturated rings. The molecule has 3 rings (SSSR count). The van der Waals surface area contributed by atoms with Crippen molar-refractivity contribution in [2.24, 2.45) is 5.92 Å². The molecule has 3 amide bonds. The zero-order valence-electron chi connectivity index (χ0n) is 18.2. The van der Waals surface area contributed by atoms with Crippen LogP contribution in [0.1, 0.15) is 37.5 Å². The van der Waals surface area contributed by atoms with Crippen LogP contribution in [0.3, 0.4) is 0 Å². The van der Waals surface area contributed by atoms with Crippen LogP contribution in [0.4, 0.5) is 23.7 Å². The Morgan fingerprint density at radius 3 is 2.24 bits per heavy atom. The van der Waals surface area contributed by atoms with Crippen LogP contribution in [0, 0.1) is 17.2 Å². The number of hydrogen-bond acceptors (Lipinski definition) is 5. The first-order chi connectivity index (χ1) is 15.3. The van der Waals surface area contributed by atoms with E-state index in [-0.39, 0.29) is 17.4 Å². The summed E-state index contributed by atoms with van der Waals surface area (Å²) in [4.78, 5) is 39.8. The molecule has 0 bridgehead atoms. The Morgan fingerprint density at radius 1 is 1.12 bits per heavy atom. The minimum atomic E-state index is -4.84. The van der Waals surface area contributed by atoms with Crippen molar-refractivity contribution in [2.75, 3.05) is 11.9 Å². The van der Waals surface area contributed by atoms with Crippen LogP contribution < -0.4 is 9.64 Å². The van der Waals surface area contributed by atoms with Crippen molar-refractivity contribution in [3.63, 3.8) is 0 Å². The van der Waals surface area contributed by atoms with Crippen LogP contribution in [0.25, 0.3) is 0 Å². The number of esters is 1. The van der Waals surface area contributed by atoms with E-state index < -0.39 is 40.7 Å². The summed E-state index contributed by atoms with van der Waals surface area (Å²) >= 11 is 0. The number of anilines is 1. The highest BCUT2D eigenvalue weighted by Gasteiger charge is 2.54. The number of imide groups is 1. The van der Waals surface area contributed by atoms with Gasteiger partial charge in [-0.25, -0.2) is 9.69 Å². The van der Waals surface area contributed by atoms with Crippen LogP contribution >= 0.6 is 0 Å². The van der Waals surface area contributed by atoms with Gasteiger partial charge in [-0.05, 0) is 42.8 Å². The predicted molar refractivity (Wildman–Crippen MR) is 111 cm³/mol. The van der Waals surface area contributed by atoms with Crippen molar-refractivity contribution in [3.05, 3.63) is 59.2 Å². The average molecular weight is 459 g/mol. The van der Waals surface area contributed by atoms with E-state index in [0.717, 1.165) is 17.0 Å². The van der Waals surface area contributed by atoms with Gasteiger partial charge in [0.2, 0.25) is 0 Å². The third kappa shape index (κ3) is 4.02. The minimum absolute atomic E-state index is 0.249. The number of ether oxygens (including phenoxy) is 1. The van der Waals surface area contributed by atoms with E-state index in [2.05, 4.69) is 0 Å². The van der Waals surface area contributed by atoms with Crippen molar-refractivity contribution in [2.45, 2.75) is 32.5 Å². The van der Waals surface area contributed by atoms with Crippen molar-refractivity contribution in [1.82, 2.24) is 4.90 Å². The maximum absolute atomic E-state index is 13.4. The minimum Gasteiger partial charge on any atom is -0.426 e. The van der Waals surface area contributed by atoms with Gasteiger partial charge in [-0.15, -0.1) is 0 Å². The Kier molecular flexibility index (Phi) is 5.94. The molecule has 0 aliphatic carbocycles. The van der Waals surface area contributed by atoms with Gasteiger partial charge in [0.25, 0.3) is 5.91 Å². The van der Waals surface area contributed by atoms with Crippen molar-refractivity contribution in [1.29, 1.82) is 5.26 Å². The highest BCUT2D eigenvalue weighted by atomic mass is 19.4. The van der Waals surface area contributed by atoms with Gasteiger partial charge < -0.3 is 9.64 Å². The zero-order valence-corrected chi connectivity index (χ0v) is 18.2. The standard InChI is InChI=1S/C23H20F3N3O4/c1-13(2)19(30)33-17-9-6-15(7-10-17)22(3)20(31)29(21(32)28(22)4)16-8-5-14(12-27)18(11-16)23(24,25)26/h5-11,13H,1-4H3.